The summed E-state index contributed by atoms with van der Waals surface area (Å²) in [4.78, 5) is 22.5. The summed E-state index contributed by atoms with van der Waals surface area (Å²) in [7, 11) is 1.60. The smallest absolute Gasteiger partial charge is 0.260 e. The minimum Gasteiger partial charge on any atom is -0.497 e. The molecule has 6 nitrogen and oxygen atoms in total. The molecule has 0 N–H and O–H groups in total. The first-order chi connectivity index (χ1) is 15.1. The van der Waals surface area contributed by atoms with Gasteiger partial charge in [-0.3, -0.25) is 14.6 Å². The minimum atomic E-state index is -0.0799. The standard InChI is InChI=1S/C23H26ClN3O3S/c1-16-19(24)7-8-20-21(16)25-23(31-20)27(10-4-9-26-11-13-30-14-12-26)22(28)17-5-3-6-18(15-17)29-2/h3,5-8,15H,4,9-14H2,1-2H3. The molecule has 1 amide bonds. The number of aryl methyl sites for hydroxylation is 1. The molecule has 164 valence electrons. The van der Waals surface area contributed by atoms with Crippen LogP contribution in [0, 0.1) is 6.92 Å². The Kier molecular flexibility index (Phi) is 7.07. The van der Waals surface area contributed by atoms with E-state index in [9.17, 15) is 4.79 Å². The summed E-state index contributed by atoms with van der Waals surface area (Å²) in [5.74, 6) is 0.578. The number of methoxy groups -OCH3 is 1. The van der Waals surface area contributed by atoms with Crippen LogP contribution >= 0.6 is 22.9 Å². The van der Waals surface area contributed by atoms with Gasteiger partial charge in [0.15, 0.2) is 5.13 Å². The molecule has 1 aliphatic heterocycles. The first-order valence-corrected chi connectivity index (χ1v) is 11.6. The number of morpholine rings is 1. The zero-order valence-corrected chi connectivity index (χ0v) is 19.3. The van der Waals surface area contributed by atoms with Crippen molar-refractivity contribution in [3.63, 3.8) is 0 Å². The third kappa shape index (κ3) is 5.01. The van der Waals surface area contributed by atoms with E-state index in [1.807, 2.05) is 37.3 Å². The Bertz CT molecular complexity index is 1070. The lowest BCUT2D eigenvalue weighted by atomic mass is 10.2. The molecule has 1 aromatic heterocycles. The SMILES string of the molecule is COc1cccc(C(=O)N(CCCN2CCOCC2)c2nc3c(C)c(Cl)ccc3s2)c1. The second-order valence-corrected chi connectivity index (χ2v) is 8.93. The molecule has 3 aromatic rings. The van der Waals surface area contributed by atoms with Crippen LogP contribution in [0.15, 0.2) is 36.4 Å². The molecule has 2 heterocycles. The highest BCUT2D eigenvalue weighted by atomic mass is 35.5. The monoisotopic (exact) mass is 459 g/mol. The van der Waals surface area contributed by atoms with Crippen LogP contribution in [0.4, 0.5) is 5.13 Å². The van der Waals surface area contributed by atoms with Gasteiger partial charge in [0.2, 0.25) is 0 Å². The highest BCUT2D eigenvalue weighted by Gasteiger charge is 2.23. The Morgan fingerprint density at radius 3 is 2.87 bits per heavy atom. The van der Waals surface area contributed by atoms with E-state index in [0.29, 0.717) is 28.0 Å². The number of halogens is 1. The molecule has 0 bridgehead atoms. The zero-order valence-electron chi connectivity index (χ0n) is 17.8. The summed E-state index contributed by atoms with van der Waals surface area (Å²) in [5, 5.41) is 1.37. The van der Waals surface area contributed by atoms with Crippen molar-refractivity contribution in [3.8, 4) is 5.75 Å². The average molecular weight is 460 g/mol. The summed E-state index contributed by atoms with van der Waals surface area (Å²) in [6.07, 6.45) is 0.853. The number of hydrogen-bond acceptors (Lipinski definition) is 6. The second-order valence-electron chi connectivity index (χ2n) is 7.51. The molecule has 4 rings (SSSR count). The molecule has 0 radical (unpaired) electrons. The number of anilines is 1. The Labute approximate surface area is 191 Å². The lowest BCUT2D eigenvalue weighted by Gasteiger charge is -2.27. The molecule has 0 unspecified atom stereocenters. The van der Waals surface area contributed by atoms with Gasteiger partial charge in [-0.1, -0.05) is 29.0 Å². The maximum atomic E-state index is 13.5. The maximum absolute atomic E-state index is 13.5. The van der Waals surface area contributed by atoms with E-state index in [1.54, 1.807) is 18.1 Å². The number of thiazole rings is 1. The van der Waals surface area contributed by atoms with Crippen molar-refractivity contribution in [2.75, 3.05) is 51.4 Å². The third-order valence-electron chi connectivity index (χ3n) is 5.49. The topological polar surface area (TPSA) is 54.9 Å². The van der Waals surface area contributed by atoms with Crippen LogP contribution < -0.4 is 9.64 Å². The lowest BCUT2D eigenvalue weighted by molar-refractivity contribution is 0.0376. The van der Waals surface area contributed by atoms with Crippen LogP contribution in [0.1, 0.15) is 22.3 Å². The summed E-state index contributed by atoms with van der Waals surface area (Å²) in [6, 6.07) is 11.1. The molecule has 1 fully saturated rings. The number of rotatable bonds is 7. The molecule has 0 saturated carbocycles. The largest absolute Gasteiger partial charge is 0.497 e. The van der Waals surface area contributed by atoms with E-state index in [0.717, 1.165) is 55.0 Å². The number of nitrogens with zero attached hydrogens (tertiary/aromatic N) is 3. The molecule has 0 aliphatic carbocycles. The van der Waals surface area contributed by atoms with Gasteiger partial charge in [-0.15, -0.1) is 0 Å². The number of amides is 1. The fraction of sp³-hybridized carbons (Fsp3) is 0.391. The number of hydrogen-bond donors (Lipinski definition) is 0. The summed E-state index contributed by atoms with van der Waals surface area (Å²) < 4.78 is 11.8. The Morgan fingerprint density at radius 2 is 2.10 bits per heavy atom. The molecule has 31 heavy (non-hydrogen) atoms. The quantitative estimate of drug-likeness (QED) is 0.515. The van der Waals surface area contributed by atoms with E-state index in [2.05, 4.69) is 4.90 Å². The minimum absolute atomic E-state index is 0.0799. The van der Waals surface area contributed by atoms with Crippen LogP contribution in [0.3, 0.4) is 0 Å². The predicted octanol–water partition coefficient (Wildman–Crippen LogP) is 4.64. The van der Waals surface area contributed by atoms with Gasteiger partial charge in [0.05, 0.1) is 30.5 Å². The molecule has 0 atom stereocenters. The van der Waals surface area contributed by atoms with Gasteiger partial charge in [-0.2, -0.15) is 0 Å². The van der Waals surface area contributed by atoms with Crippen molar-refractivity contribution >= 4 is 44.2 Å². The van der Waals surface area contributed by atoms with Crippen LogP contribution in [-0.4, -0.2) is 62.3 Å². The van der Waals surface area contributed by atoms with Gasteiger partial charge in [-0.25, -0.2) is 4.98 Å². The zero-order chi connectivity index (χ0) is 21.8. The normalized spacial score (nSPS) is 14.7. The highest BCUT2D eigenvalue weighted by molar-refractivity contribution is 7.22. The van der Waals surface area contributed by atoms with E-state index < -0.39 is 0 Å². The molecular weight excluding hydrogens is 434 g/mol. The van der Waals surface area contributed by atoms with Gasteiger partial charge in [-0.05, 0) is 49.2 Å². The first kappa shape index (κ1) is 22.0. The number of ether oxygens (including phenoxy) is 2. The summed E-state index contributed by atoms with van der Waals surface area (Å²) in [6.45, 7) is 6.86. The van der Waals surface area contributed by atoms with Gasteiger partial charge in [0, 0.05) is 36.8 Å². The van der Waals surface area contributed by atoms with E-state index >= 15 is 0 Å². The molecule has 8 heteroatoms. The number of fused-ring (bicyclic) bond motifs is 1. The van der Waals surface area contributed by atoms with Crippen molar-refractivity contribution < 1.29 is 14.3 Å². The lowest BCUT2D eigenvalue weighted by Crippen LogP contribution is -2.39. The van der Waals surface area contributed by atoms with Gasteiger partial charge >= 0.3 is 0 Å². The molecule has 1 saturated heterocycles. The first-order valence-electron chi connectivity index (χ1n) is 10.4. The molecule has 1 aliphatic rings. The van der Waals surface area contributed by atoms with Crippen LogP contribution in [-0.2, 0) is 4.74 Å². The second kappa shape index (κ2) is 9.96. The van der Waals surface area contributed by atoms with Gasteiger partial charge in [0.25, 0.3) is 5.91 Å². The Hall–Kier alpha value is -2.19. The van der Waals surface area contributed by atoms with Crippen LogP contribution in [0.25, 0.3) is 10.2 Å². The molecule has 0 spiro atoms. The Balaban J connectivity index is 1.61. The average Bonchev–Trinajstić information content (AvgIpc) is 3.24. The fourth-order valence-electron chi connectivity index (χ4n) is 3.68. The van der Waals surface area contributed by atoms with Crippen molar-refractivity contribution in [3.05, 3.63) is 52.5 Å². The number of carbonyl (C=O) groups is 1. The van der Waals surface area contributed by atoms with Crippen molar-refractivity contribution in [1.82, 2.24) is 9.88 Å². The van der Waals surface area contributed by atoms with Crippen molar-refractivity contribution in [2.24, 2.45) is 0 Å². The Morgan fingerprint density at radius 1 is 1.29 bits per heavy atom. The maximum Gasteiger partial charge on any atom is 0.260 e. The summed E-state index contributed by atoms with van der Waals surface area (Å²) in [5.41, 5.74) is 2.37. The number of aromatic nitrogens is 1. The van der Waals surface area contributed by atoms with Crippen molar-refractivity contribution in [1.29, 1.82) is 0 Å². The van der Waals surface area contributed by atoms with Crippen LogP contribution in [0.5, 0.6) is 5.75 Å². The van der Waals surface area contributed by atoms with Crippen molar-refractivity contribution in [2.45, 2.75) is 13.3 Å². The van der Waals surface area contributed by atoms with E-state index in [4.69, 9.17) is 26.1 Å². The highest BCUT2D eigenvalue weighted by Crippen LogP contribution is 2.34. The van der Waals surface area contributed by atoms with E-state index in [-0.39, 0.29) is 5.91 Å². The number of benzene rings is 2. The third-order valence-corrected chi connectivity index (χ3v) is 6.94. The number of carbonyl (C=O) groups excluding carboxylic acids is 1. The van der Waals surface area contributed by atoms with E-state index in [1.165, 1.54) is 11.3 Å². The predicted molar refractivity (Wildman–Crippen MR) is 126 cm³/mol. The van der Waals surface area contributed by atoms with Gasteiger partial charge < -0.3 is 9.47 Å². The fourth-order valence-corrected chi connectivity index (χ4v) is 4.88. The molecular formula is C23H26ClN3O3S. The molecule has 2 aromatic carbocycles. The summed E-state index contributed by atoms with van der Waals surface area (Å²) >= 11 is 7.81. The van der Waals surface area contributed by atoms with Gasteiger partial charge in [0.1, 0.15) is 5.75 Å². The van der Waals surface area contributed by atoms with Crippen LogP contribution in [0.2, 0.25) is 5.02 Å².